The van der Waals surface area contributed by atoms with Gasteiger partial charge in [0.1, 0.15) is 4.88 Å². The fraction of sp³-hybridized carbons (Fsp3) is 0.200. The molecule has 0 aliphatic carbocycles. The normalized spacial score (nSPS) is 11.8. The van der Waals surface area contributed by atoms with E-state index in [1.165, 1.54) is 11.3 Å². The van der Waals surface area contributed by atoms with Crippen LogP contribution in [0.2, 0.25) is 0 Å². The third-order valence-corrected chi connectivity index (χ3v) is 4.02. The Morgan fingerprint density at radius 3 is 2.70 bits per heavy atom. The van der Waals surface area contributed by atoms with E-state index in [0.717, 1.165) is 11.1 Å². The molecule has 0 saturated carbocycles. The molecule has 5 heteroatoms. The second-order valence-electron chi connectivity index (χ2n) is 4.42. The highest BCUT2D eigenvalue weighted by atomic mass is 32.1. The first kappa shape index (κ1) is 14.3. The van der Waals surface area contributed by atoms with Crippen molar-refractivity contribution in [2.45, 2.75) is 19.5 Å². The average molecular weight is 286 g/mol. The first-order chi connectivity index (χ1) is 9.61. The summed E-state index contributed by atoms with van der Waals surface area (Å²) >= 11 is 1.23. The molecular formula is C15H14N2O2S. The Labute approximate surface area is 121 Å². The van der Waals surface area contributed by atoms with Gasteiger partial charge in [0, 0.05) is 12.6 Å². The van der Waals surface area contributed by atoms with E-state index in [4.69, 9.17) is 10.4 Å². The van der Waals surface area contributed by atoms with E-state index in [-0.39, 0.29) is 6.04 Å². The number of nitrogens with zero attached hydrogens (tertiary/aromatic N) is 1. The second-order valence-corrected chi connectivity index (χ2v) is 5.33. The van der Waals surface area contributed by atoms with E-state index in [1.54, 1.807) is 17.5 Å². The van der Waals surface area contributed by atoms with Crippen LogP contribution in [0.15, 0.2) is 35.7 Å². The van der Waals surface area contributed by atoms with Gasteiger partial charge in [0.25, 0.3) is 0 Å². The number of nitrogens with one attached hydrogen (secondary N) is 1. The molecule has 0 fully saturated rings. The first-order valence-corrected chi connectivity index (χ1v) is 7.03. The molecule has 20 heavy (non-hydrogen) atoms. The number of nitriles is 1. The zero-order valence-corrected chi connectivity index (χ0v) is 11.8. The summed E-state index contributed by atoms with van der Waals surface area (Å²) in [7, 11) is 0. The summed E-state index contributed by atoms with van der Waals surface area (Å²) in [4.78, 5) is 11.4. The van der Waals surface area contributed by atoms with Gasteiger partial charge in [-0.15, -0.1) is 11.3 Å². The summed E-state index contributed by atoms with van der Waals surface area (Å²) in [6.45, 7) is 2.51. The molecule has 4 nitrogen and oxygen atoms in total. The predicted molar refractivity (Wildman–Crippen MR) is 77.7 cm³/mol. The van der Waals surface area contributed by atoms with Gasteiger partial charge < -0.3 is 10.4 Å². The van der Waals surface area contributed by atoms with Gasteiger partial charge in [-0.05, 0) is 41.6 Å². The topological polar surface area (TPSA) is 73.1 Å². The molecule has 102 valence electrons. The first-order valence-electron chi connectivity index (χ1n) is 6.15. The van der Waals surface area contributed by atoms with Crippen molar-refractivity contribution in [2.75, 3.05) is 0 Å². The van der Waals surface area contributed by atoms with Crippen LogP contribution in [0.4, 0.5) is 0 Å². The van der Waals surface area contributed by atoms with Gasteiger partial charge in [-0.25, -0.2) is 4.79 Å². The minimum Gasteiger partial charge on any atom is -0.477 e. The highest BCUT2D eigenvalue weighted by Gasteiger charge is 2.12. The third kappa shape index (κ3) is 3.23. The van der Waals surface area contributed by atoms with Gasteiger partial charge in [0.2, 0.25) is 0 Å². The molecule has 0 spiro atoms. The number of carboxylic acids is 1. The minimum atomic E-state index is -0.886. The Kier molecular flexibility index (Phi) is 4.51. The molecule has 1 aromatic carbocycles. The van der Waals surface area contributed by atoms with E-state index in [0.29, 0.717) is 17.0 Å². The molecule has 0 amide bonds. The molecule has 0 saturated heterocycles. The van der Waals surface area contributed by atoms with Crippen molar-refractivity contribution in [1.82, 2.24) is 5.32 Å². The number of thiophene rings is 1. The smallest absolute Gasteiger partial charge is 0.346 e. The predicted octanol–water partition coefficient (Wildman–Crippen LogP) is 3.17. The van der Waals surface area contributed by atoms with Gasteiger partial charge in [-0.2, -0.15) is 5.26 Å². The van der Waals surface area contributed by atoms with Crippen molar-refractivity contribution in [3.63, 3.8) is 0 Å². The Bertz CT molecular complexity index is 641. The number of aromatic carboxylic acids is 1. The number of rotatable bonds is 5. The third-order valence-electron chi connectivity index (χ3n) is 3.08. The van der Waals surface area contributed by atoms with Crippen molar-refractivity contribution < 1.29 is 9.90 Å². The van der Waals surface area contributed by atoms with Crippen LogP contribution in [0.25, 0.3) is 0 Å². The van der Waals surface area contributed by atoms with E-state index < -0.39 is 5.97 Å². The molecule has 1 aromatic heterocycles. The van der Waals surface area contributed by atoms with Crippen molar-refractivity contribution >= 4 is 17.3 Å². The summed E-state index contributed by atoms with van der Waals surface area (Å²) in [5.74, 6) is -0.886. The lowest BCUT2D eigenvalue weighted by Crippen LogP contribution is -2.18. The molecule has 0 aliphatic rings. The monoisotopic (exact) mass is 286 g/mol. The van der Waals surface area contributed by atoms with Crippen molar-refractivity contribution in [3.8, 4) is 6.07 Å². The second kappa shape index (κ2) is 6.33. The van der Waals surface area contributed by atoms with Crippen LogP contribution in [0.5, 0.6) is 0 Å². The number of carboxylic acid groups (broad SMARTS) is 1. The number of hydrogen-bond donors (Lipinski definition) is 2. The number of benzene rings is 1. The quantitative estimate of drug-likeness (QED) is 0.885. The summed E-state index contributed by atoms with van der Waals surface area (Å²) in [5.41, 5.74) is 2.49. The summed E-state index contributed by atoms with van der Waals surface area (Å²) in [5, 5.41) is 22.9. The zero-order chi connectivity index (χ0) is 14.5. The van der Waals surface area contributed by atoms with Crippen molar-refractivity contribution in [2.24, 2.45) is 0 Å². The van der Waals surface area contributed by atoms with Crippen LogP contribution in [0.1, 0.15) is 39.3 Å². The SMILES string of the molecule is CC(NCc1ccsc1C(=O)O)c1ccc(C#N)cc1. The van der Waals surface area contributed by atoms with Gasteiger partial charge in [0.15, 0.2) is 0 Å². The van der Waals surface area contributed by atoms with E-state index in [2.05, 4.69) is 11.4 Å². The Morgan fingerprint density at radius 2 is 2.10 bits per heavy atom. The molecule has 0 bridgehead atoms. The molecule has 2 rings (SSSR count). The van der Waals surface area contributed by atoms with Crippen LogP contribution in [0.3, 0.4) is 0 Å². The standard InChI is InChI=1S/C15H14N2O2S/c1-10(12-4-2-11(8-16)3-5-12)17-9-13-6-7-20-14(13)15(18)19/h2-7,10,17H,9H2,1H3,(H,18,19). The lowest BCUT2D eigenvalue weighted by atomic mass is 10.1. The maximum Gasteiger partial charge on any atom is 0.346 e. The van der Waals surface area contributed by atoms with Crippen molar-refractivity contribution in [3.05, 3.63) is 57.3 Å². The van der Waals surface area contributed by atoms with Crippen molar-refractivity contribution in [1.29, 1.82) is 5.26 Å². The molecule has 2 N–H and O–H groups in total. The van der Waals surface area contributed by atoms with Crippen LogP contribution in [-0.2, 0) is 6.54 Å². The summed E-state index contributed by atoms with van der Waals surface area (Å²) in [6.07, 6.45) is 0. The maximum atomic E-state index is 11.0. The molecular weight excluding hydrogens is 272 g/mol. The average Bonchev–Trinajstić information content (AvgIpc) is 2.93. The van der Waals surface area contributed by atoms with Crippen LogP contribution >= 0.6 is 11.3 Å². The van der Waals surface area contributed by atoms with Gasteiger partial charge in [-0.1, -0.05) is 12.1 Å². The van der Waals surface area contributed by atoms with Crippen LogP contribution < -0.4 is 5.32 Å². The van der Waals surface area contributed by atoms with Gasteiger partial charge >= 0.3 is 5.97 Å². The Balaban J connectivity index is 2.01. The van der Waals surface area contributed by atoms with E-state index in [1.807, 2.05) is 25.1 Å². The molecule has 0 radical (unpaired) electrons. The molecule has 2 aromatic rings. The van der Waals surface area contributed by atoms with Gasteiger partial charge in [-0.3, -0.25) is 0 Å². The largest absolute Gasteiger partial charge is 0.477 e. The Morgan fingerprint density at radius 1 is 1.40 bits per heavy atom. The fourth-order valence-electron chi connectivity index (χ4n) is 1.89. The Hall–Kier alpha value is -2.16. The van der Waals surface area contributed by atoms with Crippen LogP contribution in [-0.4, -0.2) is 11.1 Å². The highest BCUT2D eigenvalue weighted by Crippen LogP contribution is 2.19. The van der Waals surface area contributed by atoms with Gasteiger partial charge in [0.05, 0.1) is 11.6 Å². The molecule has 1 heterocycles. The molecule has 1 atom stereocenters. The zero-order valence-electron chi connectivity index (χ0n) is 11.0. The molecule has 1 unspecified atom stereocenters. The minimum absolute atomic E-state index is 0.0873. The lowest BCUT2D eigenvalue weighted by molar-refractivity contribution is 0.0701. The number of carbonyl (C=O) groups is 1. The van der Waals surface area contributed by atoms with E-state index in [9.17, 15) is 4.79 Å². The van der Waals surface area contributed by atoms with Crippen LogP contribution in [0, 0.1) is 11.3 Å². The summed E-state index contributed by atoms with van der Waals surface area (Å²) < 4.78 is 0. The summed E-state index contributed by atoms with van der Waals surface area (Å²) in [6, 6.07) is 11.4. The fourth-order valence-corrected chi connectivity index (χ4v) is 2.65. The maximum absolute atomic E-state index is 11.0. The van der Waals surface area contributed by atoms with E-state index >= 15 is 0 Å². The number of hydrogen-bond acceptors (Lipinski definition) is 4. The lowest BCUT2D eigenvalue weighted by Gasteiger charge is -2.14. The molecule has 0 aliphatic heterocycles. The highest BCUT2D eigenvalue weighted by molar-refractivity contribution is 7.12.